The van der Waals surface area contributed by atoms with Crippen LogP contribution in [-0.4, -0.2) is 110 Å². The average Bonchev–Trinajstić information content (AvgIpc) is 3.35. The minimum absolute atomic E-state index is 0.242. The molecular formula is C58H109NO10. The highest BCUT2D eigenvalue weighted by Gasteiger charge is 2.44. The summed E-state index contributed by atoms with van der Waals surface area (Å²) in [5.74, 6) is -0.714. The van der Waals surface area contributed by atoms with Gasteiger partial charge in [-0.05, 0) is 64.2 Å². The van der Waals surface area contributed by atoms with Crippen LogP contribution in [0.4, 0.5) is 0 Å². The van der Waals surface area contributed by atoms with E-state index in [2.05, 4.69) is 55.6 Å². The molecule has 0 aromatic heterocycles. The first kappa shape index (κ1) is 65.3. The molecule has 0 saturated carbocycles. The van der Waals surface area contributed by atoms with Crippen LogP contribution in [0.5, 0.6) is 0 Å². The van der Waals surface area contributed by atoms with Crippen molar-refractivity contribution in [1.82, 2.24) is 5.32 Å². The summed E-state index contributed by atoms with van der Waals surface area (Å²) in [6.45, 7) is 3.42. The molecule has 1 saturated heterocycles. The fourth-order valence-corrected chi connectivity index (χ4v) is 9.18. The molecule has 9 unspecified atom stereocenters. The SMILES string of the molecule is CCCCCCCCCCCCCCCCCCCCC/C=C/CC/C=C/CC/C=C/CCCC(O)C(O)C(COC1OC(CO)C(O)C(O)C1O)NC(=O)C(O)CCCCCCCCCCCC. The first-order chi connectivity index (χ1) is 33.7. The standard InChI is InChI=1S/C58H109NO10/c1-3-5-7-9-11-13-15-16-17-18-19-20-21-22-23-24-25-26-27-28-29-30-31-32-33-34-35-36-38-39-41-43-45-50(61)53(63)49(48-68-58-56(66)55(65)54(64)52(47-60)69-58)59-57(67)51(62)46-44-42-40-37-14-12-10-8-6-4-2/h29-30,33-34,38-39,49-56,58,60-66H,3-28,31-32,35-37,40-48H2,1-2H3,(H,59,67)/b30-29+,34-33+,39-38+. The first-order valence-corrected chi connectivity index (χ1v) is 28.9. The van der Waals surface area contributed by atoms with Crippen LogP contribution in [0, 0.1) is 0 Å². The number of amides is 1. The summed E-state index contributed by atoms with van der Waals surface area (Å²) in [5.41, 5.74) is 0. The molecule has 0 aliphatic carbocycles. The zero-order chi connectivity index (χ0) is 50.4. The molecule has 1 heterocycles. The molecule has 0 radical (unpaired) electrons. The van der Waals surface area contributed by atoms with Gasteiger partial charge in [-0.2, -0.15) is 0 Å². The van der Waals surface area contributed by atoms with Crippen LogP contribution in [0.15, 0.2) is 36.5 Å². The summed E-state index contributed by atoms with van der Waals surface area (Å²) in [5, 5.41) is 75.8. The minimum atomic E-state index is -1.67. The van der Waals surface area contributed by atoms with Crippen LogP contribution in [0.3, 0.4) is 0 Å². The maximum Gasteiger partial charge on any atom is 0.249 e. The van der Waals surface area contributed by atoms with Gasteiger partial charge in [0.25, 0.3) is 0 Å². The van der Waals surface area contributed by atoms with E-state index in [0.717, 1.165) is 44.9 Å². The number of rotatable bonds is 49. The van der Waals surface area contributed by atoms with Crippen LogP contribution in [0.2, 0.25) is 0 Å². The topological polar surface area (TPSA) is 189 Å². The number of nitrogens with one attached hydrogen (secondary N) is 1. The third-order valence-electron chi connectivity index (χ3n) is 13.9. The normalized spacial score (nSPS) is 20.6. The zero-order valence-corrected chi connectivity index (χ0v) is 44.3. The van der Waals surface area contributed by atoms with E-state index >= 15 is 0 Å². The fourth-order valence-electron chi connectivity index (χ4n) is 9.18. The molecule has 11 heteroatoms. The average molecular weight is 981 g/mol. The Balaban J connectivity index is 2.25. The molecule has 406 valence electrons. The van der Waals surface area contributed by atoms with Gasteiger partial charge in [-0.25, -0.2) is 0 Å². The smallest absolute Gasteiger partial charge is 0.249 e. The molecule has 1 rings (SSSR count). The zero-order valence-electron chi connectivity index (χ0n) is 44.3. The van der Waals surface area contributed by atoms with Gasteiger partial charge in [-0.15, -0.1) is 0 Å². The van der Waals surface area contributed by atoms with E-state index in [4.69, 9.17) is 9.47 Å². The Morgan fingerprint density at radius 1 is 0.493 bits per heavy atom. The second-order valence-corrected chi connectivity index (χ2v) is 20.3. The van der Waals surface area contributed by atoms with E-state index in [9.17, 15) is 40.5 Å². The van der Waals surface area contributed by atoms with Crippen LogP contribution in [-0.2, 0) is 14.3 Å². The highest BCUT2D eigenvalue weighted by molar-refractivity contribution is 5.80. The molecular weight excluding hydrogens is 871 g/mol. The predicted octanol–water partition coefficient (Wildman–Crippen LogP) is 11.9. The Hall–Kier alpha value is -1.67. The Kier molecular flexibility index (Phi) is 44.8. The van der Waals surface area contributed by atoms with Gasteiger partial charge in [0.1, 0.15) is 36.6 Å². The Morgan fingerprint density at radius 2 is 0.870 bits per heavy atom. The number of ether oxygens (including phenoxy) is 2. The number of carbonyl (C=O) groups excluding carboxylic acids is 1. The Bertz CT molecular complexity index is 1210. The molecule has 1 aliphatic rings. The van der Waals surface area contributed by atoms with Gasteiger partial charge >= 0.3 is 0 Å². The summed E-state index contributed by atoms with van der Waals surface area (Å²) in [7, 11) is 0. The fraction of sp³-hybridized carbons (Fsp3) is 0.879. The van der Waals surface area contributed by atoms with E-state index in [1.165, 1.54) is 167 Å². The van der Waals surface area contributed by atoms with Gasteiger partial charge in [0.15, 0.2) is 6.29 Å². The van der Waals surface area contributed by atoms with Crippen molar-refractivity contribution >= 4 is 5.91 Å². The summed E-state index contributed by atoms with van der Waals surface area (Å²) >= 11 is 0. The number of hydrogen-bond donors (Lipinski definition) is 8. The molecule has 0 aromatic rings. The molecule has 69 heavy (non-hydrogen) atoms. The number of unbranched alkanes of at least 4 members (excludes halogenated alkanes) is 31. The van der Waals surface area contributed by atoms with Gasteiger partial charge in [-0.1, -0.05) is 230 Å². The lowest BCUT2D eigenvalue weighted by Gasteiger charge is -2.40. The molecule has 1 fully saturated rings. The van der Waals surface area contributed by atoms with Gasteiger partial charge in [0.2, 0.25) is 5.91 Å². The van der Waals surface area contributed by atoms with Crippen molar-refractivity contribution in [3.8, 4) is 0 Å². The van der Waals surface area contributed by atoms with E-state index in [1.807, 2.05) is 0 Å². The largest absolute Gasteiger partial charge is 0.394 e. The van der Waals surface area contributed by atoms with E-state index in [-0.39, 0.29) is 12.8 Å². The van der Waals surface area contributed by atoms with Crippen molar-refractivity contribution in [2.24, 2.45) is 0 Å². The lowest BCUT2D eigenvalue weighted by molar-refractivity contribution is -0.303. The van der Waals surface area contributed by atoms with Crippen molar-refractivity contribution in [3.63, 3.8) is 0 Å². The van der Waals surface area contributed by atoms with Crippen LogP contribution < -0.4 is 5.32 Å². The van der Waals surface area contributed by atoms with Gasteiger partial charge in [0, 0.05) is 0 Å². The molecule has 0 aromatic carbocycles. The monoisotopic (exact) mass is 980 g/mol. The Morgan fingerprint density at radius 3 is 1.29 bits per heavy atom. The highest BCUT2D eigenvalue weighted by Crippen LogP contribution is 2.23. The number of carbonyl (C=O) groups is 1. The summed E-state index contributed by atoms with van der Waals surface area (Å²) in [6.07, 6.45) is 46.7. The Labute approximate surface area is 422 Å². The lowest BCUT2D eigenvalue weighted by Crippen LogP contribution is -2.60. The van der Waals surface area contributed by atoms with Crippen LogP contribution >= 0.6 is 0 Å². The van der Waals surface area contributed by atoms with Gasteiger partial charge < -0.3 is 50.5 Å². The van der Waals surface area contributed by atoms with Crippen molar-refractivity contribution in [1.29, 1.82) is 0 Å². The minimum Gasteiger partial charge on any atom is -0.394 e. The van der Waals surface area contributed by atoms with E-state index < -0.39 is 74.2 Å². The molecule has 11 nitrogen and oxygen atoms in total. The van der Waals surface area contributed by atoms with Crippen molar-refractivity contribution < 1.29 is 50.0 Å². The van der Waals surface area contributed by atoms with Crippen molar-refractivity contribution in [3.05, 3.63) is 36.5 Å². The van der Waals surface area contributed by atoms with E-state index in [1.54, 1.807) is 0 Å². The molecule has 1 amide bonds. The molecule has 0 spiro atoms. The lowest BCUT2D eigenvalue weighted by atomic mass is 9.98. The molecule has 0 bridgehead atoms. The number of allylic oxidation sites excluding steroid dienone is 6. The second-order valence-electron chi connectivity index (χ2n) is 20.3. The van der Waals surface area contributed by atoms with Gasteiger partial charge in [-0.3, -0.25) is 4.79 Å². The molecule has 9 atom stereocenters. The van der Waals surface area contributed by atoms with Crippen molar-refractivity contribution in [2.45, 2.75) is 313 Å². The maximum atomic E-state index is 13.1. The quantitative estimate of drug-likeness (QED) is 0.0215. The van der Waals surface area contributed by atoms with Gasteiger partial charge in [0.05, 0.1) is 25.4 Å². The van der Waals surface area contributed by atoms with Crippen LogP contribution in [0.25, 0.3) is 0 Å². The van der Waals surface area contributed by atoms with Crippen molar-refractivity contribution in [2.75, 3.05) is 13.2 Å². The van der Waals surface area contributed by atoms with Crippen LogP contribution in [0.1, 0.15) is 258 Å². The van der Waals surface area contributed by atoms with E-state index in [0.29, 0.717) is 19.3 Å². The highest BCUT2D eigenvalue weighted by atomic mass is 16.7. The second kappa shape index (κ2) is 47.3. The summed E-state index contributed by atoms with van der Waals surface area (Å²) in [4.78, 5) is 13.1. The summed E-state index contributed by atoms with van der Waals surface area (Å²) < 4.78 is 11.1. The number of aliphatic hydroxyl groups excluding tert-OH is 7. The molecule has 8 N–H and O–H groups in total. The number of aliphatic hydroxyl groups is 7. The number of hydrogen-bond acceptors (Lipinski definition) is 10. The third-order valence-corrected chi connectivity index (χ3v) is 13.9. The first-order valence-electron chi connectivity index (χ1n) is 28.9. The summed E-state index contributed by atoms with van der Waals surface area (Å²) in [6, 6.07) is -1.19. The predicted molar refractivity (Wildman–Crippen MR) is 284 cm³/mol. The maximum absolute atomic E-state index is 13.1. The third kappa shape index (κ3) is 36.0. The molecule has 1 aliphatic heterocycles.